The third-order valence-corrected chi connectivity index (χ3v) is 6.11. The van der Waals surface area contributed by atoms with Crippen LogP contribution in [0, 0.1) is 0 Å². The third kappa shape index (κ3) is 3.90. The first-order valence-corrected chi connectivity index (χ1v) is 10.8. The quantitative estimate of drug-likeness (QED) is 0.275. The Hall–Kier alpha value is -2.57. The van der Waals surface area contributed by atoms with E-state index in [0.29, 0.717) is 38.0 Å². The number of aromatic nitrogens is 5. The van der Waals surface area contributed by atoms with Gasteiger partial charge in [-0.05, 0) is 48.0 Å². The summed E-state index contributed by atoms with van der Waals surface area (Å²) in [7, 11) is 0. The molecule has 5 aromatic rings. The van der Waals surface area contributed by atoms with Gasteiger partial charge in [0.25, 0.3) is 0 Å². The predicted octanol–water partition coefficient (Wildman–Crippen LogP) is 6.92. The van der Waals surface area contributed by atoms with Crippen LogP contribution in [-0.2, 0) is 6.54 Å². The average Bonchev–Trinajstić information content (AvgIpc) is 3.35. The molecule has 0 saturated carbocycles. The highest BCUT2D eigenvalue weighted by atomic mass is 35.5. The van der Waals surface area contributed by atoms with E-state index in [2.05, 4.69) is 10.3 Å². The third-order valence-electron chi connectivity index (χ3n) is 4.83. The largest absolute Gasteiger partial charge is 0.298 e. The van der Waals surface area contributed by atoms with E-state index in [4.69, 9.17) is 51.4 Å². The molecule has 5 nitrogen and oxygen atoms in total. The molecule has 0 amide bonds. The summed E-state index contributed by atoms with van der Waals surface area (Å²) < 4.78 is 3.71. The van der Waals surface area contributed by atoms with E-state index in [9.17, 15) is 0 Å². The molecular weight excluding hydrogens is 476 g/mol. The van der Waals surface area contributed by atoms with E-state index in [-0.39, 0.29) is 0 Å². The maximum atomic E-state index is 6.49. The van der Waals surface area contributed by atoms with Crippen LogP contribution in [0.3, 0.4) is 0 Å². The topological polar surface area (TPSA) is 48.0 Å². The van der Waals surface area contributed by atoms with Crippen LogP contribution in [0.5, 0.6) is 0 Å². The fraction of sp³-hybridized carbons (Fsp3) is 0.0455. The van der Waals surface area contributed by atoms with Gasteiger partial charge in [-0.3, -0.25) is 4.40 Å². The number of benzene rings is 2. The van der Waals surface area contributed by atoms with Crippen LogP contribution in [0.15, 0.2) is 67.0 Å². The highest BCUT2D eigenvalue weighted by molar-refractivity contribution is 6.42. The van der Waals surface area contributed by atoms with Crippen molar-refractivity contribution in [2.75, 3.05) is 0 Å². The number of rotatable bonds is 4. The minimum atomic E-state index is 0.498. The first-order valence-electron chi connectivity index (χ1n) is 9.26. The number of pyridine rings is 1. The zero-order valence-electron chi connectivity index (χ0n) is 15.8. The molecule has 0 N–H and O–H groups in total. The number of nitrogens with zero attached hydrogens (tertiary/aromatic N) is 5. The van der Waals surface area contributed by atoms with Crippen molar-refractivity contribution < 1.29 is 0 Å². The monoisotopic (exact) mass is 487 g/mol. The lowest BCUT2D eigenvalue weighted by Crippen LogP contribution is -2.00. The summed E-state index contributed by atoms with van der Waals surface area (Å²) in [6, 6.07) is 16.6. The molecule has 0 spiro atoms. The molecule has 31 heavy (non-hydrogen) atoms. The van der Waals surface area contributed by atoms with E-state index in [1.807, 2.05) is 53.2 Å². The van der Waals surface area contributed by atoms with E-state index in [0.717, 1.165) is 22.5 Å². The number of fused-ring (bicyclic) bond motifs is 1. The van der Waals surface area contributed by atoms with Gasteiger partial charge in [0.15, 0.2) is 0 Å². The van der Waals surface area contributed by atoms with E-state index in [1.54, 1.807) is 22.9 Å². The van der Waals surface area contributed by atoms with Gasteiger partial charge < -0.3 is 0 Å². The maximum Gasteiger partial charge on any atom is 0.137 e. The van der Waals surface area contributed by atoms with Crippen molar-refractivity contribution in [2.24, 2.45) is 0 Å². The Labute approximate surface area is 197 Å². The molecule has 9 heteroatoms. The Morgan fingerprint density at radius 2 is 1.71 bits per heavy atom. The molecule has 154 valence electrons. The van der Waals surface area contributed by atoms with Gasteiger partial charge in [-0.2, -0.15) is 0 Å². The smallest absolute Gasteiger partial charge is 0.137 e. The second kappa shape index (κ2) is 8.17. The summed E-state index contributed by atoms with van der Waals surface area (Å²) in [5.41, 5.74) is 4.67. The van der Waals surface area contributed by atoms with Crippen molar-refractivity contribution >= 4 is 52.1 Å². The summed E-state index contributed by atoms with van der Waals surface area (Å²) in [6.07, 6.45) is 3.80. The lowest BCUT2D eigenvalue weighted by Gasteiger charge is -2.05. The molecule has 5 rings (SSSR count). The number of hydrogen-bond donors (Lipinski definition) is 0. The molecule has 0 aliphatic carbocycles. The molecule has 0 fully saturated rings. The van der Waals surface area contributed by atoms with Gasteiger partial charge in [-0.15, -0.1) is 5.10 Å². The summed E-state index contributed by atoms with van der Waals surface area (Å²) in [4.78, 5) is 4.79. The zero-order valence-corrected chi connectivity index (χ0v) is 18.8. The van der Waals surface area contributed by atoms with Crippen LogP contribution in [0.25, 0.3) is 28.3 Å². The van der Waals surface area contributed by atoms with Crippen molar-refractivity contribution in [2.45, 2.75) is 6.54 Å². The second-order valence-corrected chi connectivity index (χ2v) is 8.57. The normalized spacial score (nSPS) is 11.4. The van der Waals surface area contributed by atoms with Crippen LogP contribution in [0.4, 0.5) is 0 Å². The average molecular weight is 489 g/mol. The highest BCUT2D eigenvalue weighted by Crippen LogP contribution is 2.36. The van der Waals surface area contributed by atoms with Crippen molar-refractivity contribution in [1.29, 1.82) is 0 Å². The van der Waals surface area contributed by atoms with E-state index in [1.165, 1.54) is 0 Å². The minimum Gasteiger partial charge on any atom is -0.298 e. The van der Waals surface area contributed by atoms with E-state index >= 15 is 0 Å². The Bertz CT molecular complexity index is 1420. The molecule has 0 unspecified atom stereocenters. The summed E-state index contributed by atoms with van der Waals surface area (Å²) >= 11 is 24.7. The summed E-state index contributed by atoms with van der Waals surface area (Å²) in [6.45, 7) is 0.498. The van der Waals surface area contributed by atoms with Crippen LogP contribution in [0.2, 0.25) is 20.1 Å². The first kappa shape index (κ1) is 20.3. The first-order chi connectivity index (χ1) is 15.0. The SMILES string of the molecule is Clc1ccc(-c2nc3ccccn3c2-c2cn(Cc3ccc(Cl)c(Cl)c3)nn2)c(Cl)c1. The van der Waals surface area contributed by atoms with Crippen molar-refractivity contribution in [1.82, 2.24) is 24.4 Å². The van der Waals surface area contributed by atoms with Crippen LogP contribution < -0.4 is 0 Å². The molecule has 3 aromatic heterocycles. The second-order valence-electron chi connectivity index (χ2n) is 6.91. The van der Waals surface area contributed by atoms with Gasteiger partial charge in [0.2, 0.25) is 0 Å². The van der Waals surface area contributed by atoms with Crippen LogP contribution in [0.1, 0.15) is 5.56 Å². The predicted molar refractivity (Wildman–Crippen MR) is 125 cm³/mol. The lowest BCUT2D eigenvalue weighted by molar-refractivity contribution is 0.650. The Morgan fingerprint density at radius 3 is 2.52 bits per heavy atom. The molecule has 0 bridgehead atoms. The number of hydrogen-bond acceptors (Lipinski definition) is 3. The van der Waals surface area contributed by atoms with Gasteiger partial charge >= 0.3 is 0 Å². The van der Waals surface area contributed by atoms with Gasteiger partial charge in [-0.1, -0.05) is 63.7 Å². The van der Waals surface area contributed by atoms with Crippen LogP contribution >= 0.6 is 46.4 Å². The molecule has 0 radical (unpaired) electrons. The van der Waals surface area contributed by atoms with Crippen molar-refractivity contribution in [3.8, 4) is 22.6 Å². The highest BCUT2D eigenvalue weighted by Gasteiger charge is 2.20. The summed E-state index contributed by atoms with van der Waals surface area (Å²) in [5.74, 6) is 0. The van der Waals surface area contributed by atoms with Gasteiger partial charge in [0, 0.05) is 16.8 Å². The Morgan fingerprint density at radius 1 is 0.839 bits per heavy atom. The van der Waals surface area contributed by atoms with Gasteiger partial charge in [-0.25, -0.2) is 9.67 Å². The molecular formula is C22H13Cl4N5. The van der Waals surface area contributed by atoms with Gasteiger partial charge in [0.05, 0.1) is 27.8 Å². The van der Waals surface area contributed by atoms with Gasteiger partial charge in [0.1, 0.15) is 22.7 Å². The number of halogens is 4. The number of imidazole rings is 1. The summed E-state index contributed by atoms with van der Waals surface area (Å²) in [5, 5.41) is 10.8. The van der Waals surface area contributed by atoms with Crippen molar-refractivity contribution in [3.05, 3.63) is 92.6 Å². The zero-order chi connectivity index (χ0) is 21.5. The lowest BCUT2D eigenvalue weighted by atomic mass is 10.1. The molecule has 3 heterocycles. The fourth-order valence-corrected chi connectivity index (χ4v) is 4.24. The van der Waals surface area contributed by atoms with Crippen LogP contribution in [-0.4, -0.2) is 24.4 Å². The van der Waals surface area contributed by atoms with E-state index < -0.39 is 0 Å². The standard InChI is InChI=1S/C22H13Cl4N5/c23-14-5-6-15(17(25)10-14)21-22(31-8-2-1-3-20(31)27-21)19-12-30(29-28-19)11-13-4-7-16(24)18(26)9-13/h1-10,12H,11H2. The molecule has 0 aliphatic heterocycles. The minimum absolute atomic E-state index is 0.498. The fourth-order valence-electron chi connectivity index (χ4n) is 3.42. The Balaban J connectivity index is 1.61. The molecule has 2 aromatic carbocycles. The molecule has 0 atom stereocenters. The van der Waals surface area contributed by atoms with Crippen molar-refractivity contribution in [3.63, 3.8) is 0 Å². The Kier molecular flexibility index (Phi) is 5.36. The molecule has 0 aliphatic rings. The molecule has 0 saturated heterocycles. The maximum absolute atomic E-state index is 6.49.